The van der Waals surface area contributed by atoms with Crippen LogP contribution in [0.1, 0.15) is 29.6 Å². The molecule has 0 amide bonds. The third-order valence-electron chi connectivity index (χ3n) is 3.49. The SMILES string of the molecule is COc1ccc(Cc2noc(C3COCCC3O)n2)cn1. The minimum Gasteiger partial charge on any atom is -0.481 e. The molecular formula is C14H17N3O4. The number of hydrogen-bond acceptors (Lipinski definition) is 7. The van der Waals surface area contributed by atoms with Crippen molar-refractivity contribution in [1.82, 2.24) is 15.1 Å². The molecule has 2 unspecified atom stereocenters. The Morgan fingerprint density at radius 3 is 3.05 bits per heavy atom. The zero-order chi connectivity index (χ0) is 14.7. The van der Waals surface area contributed by atoms with Crippen LogP contribution in [-0.2, 0) is 11.2 Å². The second kappa shape index (κ2) is 6.19. The lowest BCUT2D eigenvalue weighted by Crippen LogP contribution is -2.30. The van der Waals surface area contributed by atoms with E-state index in [2.05, 4.69) is 15.1 Å². The second-order valence-corrected chi connectivity index (χ2v) is 4.97. The van der Waals surface area contributed by atoms with Crippen LogP contribution >= 0.6 is 0 Å². The first-order chi connectivity index (χ1) is 10.3. The summed E-state index contributed by atoms with van der Waals surface area (Å²) >= 11 is 0. The van der Waals surface area contributed by atoms with Gasteiger partial charge in [0, 0.05) is 25.3 Å². The number of ether oxygens (including phenoxy) is 2. The van der Waals surface area contributed by atoms with Gasteiger partial charge in [-0.2, -0.15) is 4.98 Å². The zero-order valence-electron chi connectivity index (χ0n) is 11.7. The Bertz CT molecular complexity index is 584. The Kier molecular flexibility index (Phi) is 4.12. The molecule has 7 heteroatoms. The van der Waals surface area contributed by atoms with Gasteiger partial charge in [-0.15, -0.1) is 0 Å². The molecule has 0 aliphatic carbocycles. The van der Waals surface area contributed by atoms with Crippen molar-refractivity contribution < 1.29 is 19.1 Å². The molecule has 112 valence electrons. The van der Waals surface area contributed by atoms with Gasteiger partial charge < -0.3 is 19.1 Å². The highest BCUT2D eigenvalue weighted by atomic mass is 16.5. The molecule has 0 saturated carbocycles. The summed E-state index contributed by atoms with van der Waals surface area (Å²) in [4.78, 5) is 8.48. The number of aromatic nitrogens is 3. The van der Waals surface area contributed by atoms with Crippen LogP contribution in [0.4, 0.5) is 0 Å². The Morgan fingerprint density at radius 2 is 2.33 bits per heavy atom. The largest absolute Gasteiger partial charge is 0.481 e. The molecule has 0 bridgehead atoms. The fourth-order valence-corrected chi connectivity index (χ4v) is 2.27. The van der Waals surface area contributed by atoms with Crippen molar-refractivity contribution in [3.05, 3.63) is 35.6 Å². The van der Waals surface area contributed by atoms with Gasteiger partial charge >= 0.3 is 0 Å². The molecule has 0 spiro atoms. The van der Waals surface area contributed by atoms with Crippen LogP contribution in [0.15, 0.2) is 22.9 Å². The minimum absolute atomic E-state index is 0.242. The van der Waals surface area contributed by atoms with Crippen molar-refractivity contribution in [2.24, 2.45) is 0 Å². The fourth-order valence-electron chi connectivity index (χ4n) is 2.27. The van der Waals surface area contributed by atoms with Gasteiger partial charge in [0.2, 0.25) is 11.8 Å². The van der Waals surface area contributed by atoms with Crippen molar-refractivity contribution in [1.29, 1.82) is 0 Å². The van der Waals surface area contributed by atoms with Crippen LogP contribution in [0, 0.1) is 0 Å². The summed E-state index contributed by atoms with van der Waals surface area (Å²) in [6.07, 6.45) is 2.33. The summed E-state index contributed by atoms with van der Waals surface area (Å²) in [5, 5.41) is 13.9. The molecule has 0 radical (unpaired) electrons. The van der Waals surface area contributed by atoms with Gasteiger partial charge in [0.25, 0.3) is 0 Å². The van der Waals surface area contributed by atoms with E-state index in [9.17, 15) is 5.11 Å². The predicted molar refractivity (Wildman–Crippen MR) is 72.1 cm³/mol. The van der Waals surface area contributed by atoms with Crippen LogP contribution in [0.3, 0.4) is 0 Å². The van der Waals surface area contributed by atoms with Gasteiger partial charge in [-0.25, -0.2) is 4.98 Å². The Hall–Kier alpha value is -1.99. The van der Waals surface area contributed by atoms with Crippen LogP contribution in [0.2, 0.25) is 0 Å². The minimum atomic E-state index is -0.491. The molecule has 1 fully saturated rings. The maximum absolute atomic E-state index is 9.95. The van der Waals surface area contributed by atoms with Gasteiger partial charge in [-0.1, -0.05) is 11.2 Å². The summed E-state index contributed by atoms with van der Waals surface area (Å²) in [5.41, 5.74) is 0.962. The van der Waals surface area contributed by atoms with E-state index >= 15 is 0 Å². The standard InChI is InChI=1S/C14H17N3O4/c1-19-13-3-2-9(7-15-13)6-12-16-14(21-17-12)10-8-20-5-4-11(10)18/h2-3,7,10-11,18H,4-6,8H2,1H3. The average Bonchev–Trinajstić information content (AvgIpc) is 2.97. The topological polar surface area (TPSA) is 90.5 Å². The lowest BCUT2D eigenvalue weighted by molar-refractivity contribution is -0.0149. The number of pyridine rings is 1. The number of hydrogen-bond donors (Lipinski definition) is 1. The molecule has 7 nitrogen and oxygen atoms in total. The summed E-state index contributed by atoms with van der Waals surface area (Å²) in [5.74, 6) is 1.32. The van der Waals surface area contributed by atoms with Gasteiger partial charge in [0.05, 0.1) is 25.7 Å². The molecular weight excluding hydrogens is 274 g/mol. The van der Waals surface area contributed by atoms with Crippen molar-refractivity contribution in [3.63, 3.8) is 0 Å². The van der Waals surface area contributed by atoms with E-state index in [1.165, 1.54) is 0 Å². The summed E-state index contributed by atoms with van der Waals surface area (Å²) in [6, 6.07) is 3.69. The van der Waals surface area contributed by atoms with Crippen LogP contribution in [0.5, 0.6) is 5.88 Å². The van der Waals surface area contributed by atoms with Crippen LogP contribution in [-0.4, -0.2) is 46.7 Å². The Balaban J connectivity index is 1.69. The third-order valence-corrected chi connectivity index (χ3v) is 3.49. The van der Waals surface area contributed by atoms with Crippen LogP contribution in [0.25, 0.3) is 0 Å². The highest BCUT2D eigenvalue weighted by Crippen LogP contribution is 2.24. The molecule has 21 heavy (non-hydrogen) atoms. The maximum atomic E-state index is 9.95. The van der Waals surface area contributed by atoms with Gasteiger partial charge in [0.15, 0.2) is 5.82 Å². The molecule has 2 aromatic rings. The van der Waals surface area contributed by atoms with E-state index in [0.29, 0.717) is 43.7 Å². The van der Waals surface area contributed by atoms with E-state index in [-0.39, 0.29) is 5.92 Å². The molecule has 1 saturated heterocycles. The number of methoxy groups -OCH3 is 1. The summed E-state index contributed by atoms with van der Waals surface area (Å²) in [7, 11) is 1.57. The average molecular weight is 291 g/mol. The van der Waals surface area contributed by atoms with Gasteiger partial charge in [-0.05, 0) is 12.0 Å². The molecule has 1 N–H and O–H groups in total. The van der Waals surface area contributed by atoms with Crippen molar-refractivity contribution >= 4 is 0 Å². The lowest BCUT2D eigenvalue weighted by Gasteiger charge is -2.24. The first kappa shape index (κ1) is 14.0. The molecule has 3 heterocycles. The predicted octanol–water partition coefficient (Wildman–Crippen LogP) is 0.929. The third kappa shape index (κ3) is 3.20. The molecule has 0 aromatic carbocycles. The smallest absolute Gasteiger partial charge is 0.234 e. The molecule has 2 atom stereocenters. The molecule has 3 rings (SSSR count). The van der Waals surface area contributed by atoms with E-state index in [4.69, 9.17) is 14.0 Å². The van der Waals surface area contributed by atoms with Gasteiger partial charge in [0.1, 0.15) is 0 Å². The quantitative estimate of drug-likeness (QED) is 0.896. The highest BCUT2D eigenvalue weighted by Gasteiger charge is 2.30. The first-order valence-electron chi connectivity index (χ1n) is 6.83. The van der Waals surface area contributed by atoms with Crippen molar-refractivity contribution in [3.8, 4) is 5.88 Å². The molecule has 2 aromatic heterocycles. The Morgan fingerprint density at radius 1 is 1.43 bits per heavy atom. The molecule has 1 aliphatic heterocycles. The summed E-state index contributed by atoms with van der Waals surface area (Å²) in [6.45, 7) is 0.975. The number of aliphatic hydroxyl groups excluding tert-OH is 1. The van der Waals surface area contributed by atoms with E-state index < -0.39 is 6.10 Å². The summed E-state index contributed by atoms with van der Waals surface area (Å²) < 4.78 is 15.6. The number of aliphatic hydroxyl groups is 1. The highest BCUT2D eigenvalue weighted by molar-refractivity contribution is 5.20. The van der Waals surface area contributed by atoms with Crippen molar-refractivity contribution in [2.45, 2.75) is 24.9 Å². The fraction of sp³-hybridized carbons (Fsp3) is 0.500. The first-order valence-corrected chi connectivity index (χ1v) is 6.83. The normalized spacial score (nSPS) is 22.2. The maximum Gasteiger partial charge on any atom is 0.234 e. The van der Waals surface area contributed by atoms with Crippen LogP contribution < -0.4 is 4.74 Å². The lowest BCUT2D eigenvalue weighted by atomic mass is 9.99. The van der Waals surface area contributed by atoms with Crippen molar-refractivity contribution in [2.75, 3.05) is 20.3 Å². The number of nitrogens with zero attached hydrogens (tertiary/aromatic N) is 3. The Labute approximate surface area is 121 Å². The monoisotopic (exact) mass is 291 g/mol. The van der Waals surface area contributed by atoms with E-state index in [0.717, 1.165) is 5.56 Å². The van der Waals surface area contributed by atoms with E-state index in [1.54, 1.807) is 19.4 Å². The number of rotatable bonds is 4. The van der Waals surface area contributed by atoms with Gasteiger partial charge in [-0.3, -0.25) is 0 Å². The molecule has 1 aliphatic rings. The zero-order valence-corrected chi connectivity index (χ0v) is 11.7. The van der Waals surface area contributed by atoms with E-state index in [1.807, 2.05) is 6.07 Å². The second-order valence-electron chi connectivity index (χ2n) is 4.97.